The van der Waals surface area contributed by atoms with E-state index in [9.17, 15) is 0 Å². The molecule has 2 nitrogen and oxygen atoms in total. The molecule has 0 spiro atoms. The van der Waals surface area contributed by atoms with Crippen LogP contribution in [0.2, 0.25) is 0 Å². The number of benzene rings is 1. The van der Waals surface area contributed by atoms with Crippen LogP contribution in [-0.4, -0.2) is 30.1 Å². The number of nitrogens with one attached hydrogen (secondary N) is 1. The van der Waals surface area contributed by atoms with Crippen molar-refractivity contribution in [1.82, 2.24) is 10.2 Å². The summed E-state index contributed by atoms with van der Waals surface area (Å²) in [5.74, 6) is 0.750. The number of nitrogens with zero attached hydrogens (tertiary/aromatic N) is 1. The van der Waals surface area contributed by atoms with Crippen LogP contribution in [0.3, 0.4) is 0 Å². The average Bonchev–Trinajstić information content (AvgIpc) is 2.50. The molecule has 0 bridgehead atoms. The molecule has 0 radical (unpaired) electrons. The maximum absolute atomic E-state index is 3.74. The van der Waals surface area contributed by atoms with E-state index < -0.39 is 0 Å². The van der Waals surface area contributed by atoms with Crippen LogP contribution in [0.5, 0.6) is 0 Å². The van der Waals surface area contributed by atoms with Gasteiger partial charge in [0.1, 0.15) is 0 Å². The lowest BCUT2D eigenvalue weighted by Gasteiger charge is -2.43. The van der Waals surface area contributed by atoms with Crippen molar-refractivity contribution < 1.29 is 0 Å². The molecule has 1 saturated heterocycles. The molecule has 3 atom stereocenters. The van der Waals surface area contributed by atoms with Gasteiger partial charge in [-0.25, -0.2) is 0 Å². The molecule has 0 amide bonds. The summed E-state index contributed by atoms with van der Waals surface area (Å²) >= 11 is 0. The van der Waals surface area contributed by atoms with Gasteiger partial charge < -0.3 is 5.32 Å². The van der Waals surface area contributed by atoms with E-state index in [-0.39, 0.29) is 0 Å². The predicted molar refractivity (Wildman–Crippen MR) is 91.7 cm³/mol. The van der Waals surface area contributed by atoms with Crippen LogP contribution in [-0.2, 0) is 6.54 Å². The van der Waals surface area contributed by atoms with E-state index in [4.69, 9.17) is 0 Å². The summed E-state index contributed by atoms with van der Waals surface area (Å²) in [7, 11) is 0. The summed E-state index contributed by atoms with van der Waals surface area (Å²) in [4.78, 5) is 2.73. The zero-order valence-electron chi connectivity index (χ0n) is 14.4. The molecule has 2 rings (SSSR count). The second-order valence-corrected chi connectivity index (χ2v) is 6.77. The van der Waals surface area contributed by atoms with Crippen LogP contribution >= 0.6 is 0 Å². The largest absolute Gasteiger partial charge is 0.311 e. The van der Waals surface area contributed by atoms with Gasteiger partial charge in [-0.05, 0) is 42.9 Å². The van der Waals surface area contributed by atoms with Crippen molar-refractivity contribution in [3.8, 4) is 0 Å². The quantitative estimate of drug-likeness (QED) is 0.884. The fourth-order valence-corrected chi connectivity index (χ4v) is 3.49. The Morgan fingerprint density at radius 2 is 1.90 bits per heavy atom. The number of hydrogen-bond donors (Lipinski definition) is 1. The van der Waals surface area contributed by atoms with E-state index in [1.54, 1.807) is 0 Å². The Morgan fingerprint density at radius 3 is 2.48 bits per heavy atom. The van der Waals surface area contributed by atoms with Gasteiger partial charge in [0.05, 0.1) is 0 Å². The average molecular weight is 288 g/mol. The zero-order valence-corrected chi connectivity index (χ0v) is 14.4. The summed E-state index contributed by atoms with van der Waals surface area (Å²) in [6.45, 7) is 14.9. The minimum atomic E-state index is 0.648. The monoisotopic (exact) mass is 288 g/mol. The van der Waals surface area contributed by atoms with E-state index in [0.717, 1.165) is 19.0 Å². The van der Waals surface area contributed by atoms with Crippen molar-refractivity contribution >= 4 is 0 Å². The fourth-order valence-electron chi connectivity index (χ4n) is 3.49. The zero-order chi connectivity index (χ0) is 15.4. The smallest absolute Gasteiger partial charge is 0.0250 e. The van der Waals surface area contributed by atoms with E-state index in [1.807, 2.05) is 0 Å². The maximum atomic E-state index is 3.74. The highest BCUT2D eigenvalue weighted by Crippen LogP contribution is 2.24. The molecule has 1 aliphatic heterocycles. The third kappa shape index (κ3) is 3.87. The fraction of sp³-hybridized carbons (Fsp3) is 0.684. The first-order valence-electron chi connectivity index (χ1n) is 8.59. The molecular weight excluding hydrogens is 256 g/mol. The lowest BCUT2D eigenvalue weighted by Crippen LogP contribution is -2.57. The molecule has 21 heavy (non-hydrogen) atoms. The van der Waals surface area contributed by atoms with Crippen molar-refractivity contribution in [3.05, 3.63) is 34.9 Å². The van der Waals surface area contributed by atoms with Gasteiger partial charge in [-0.3, -0.25) is 4.90 Å². The van der Waals surface area contributed by atoms with Gasteiger partial charge >= 0.3 is 0 Å². The van der Waals surface area contributed by atoms with Gasteiger partial charge in [0.2, 0.25) is 0 Å². The van der Waals surface area contributed by atoms with Gasteiger partial charge in [0, 0.05) is 31.7 Å². The number of piperazine rings is 1. The van der Waals surface area contributed by atoms with Gasteiger partial charge in [0.15, 0.2) is 0 Å². The molecule has 2 heteroatoms. The molecule has 1 aromatic carbocycles. The molecule has 0 aromatic heterocycles. The molecule has 1 aliphatic rings. The SMILES string of the molecule is CCC1CN(Cc2c(C)cccc2C)C(C(C)CC)CN1. The number of rotatable bonds is 5. The Morgan fingerprint density at radius 1 is 1.24 bits per heavy atom. The molecule has 3 unspecified atom stereocenters. The lowest BCUT2D eigenvalue weighted by atomic mass is 9.92. The highest BCUT2D eigenvalue weighted by molar-refractivity contribution is 5.33. The Balaban J connectivity index is 2.19. The first-order chi connectivity index (χ1) is 10.1. The van der Waals surface area contributed by atoms with Crippen molar-refractivity contribution in [2.24, 2.45) is 5.92 Å². The van der Waals surface area contributed by atoms with E-state index in [2.05, 4.69) is 63.0 Å². The molecule has 1 aromatic rings. The van der Waals surface area contributed by atoms with Gasteiger partial charge in [-0.15, -0.1) is 0 Å². The molecule has 1 N–H and O–H groups in total. The number of hydrogen-bond acceptors (Lipinski definition) is 2. The van der Waals surface area contributed by atoms with Crippen molar-refractivity contribution in [3.63, 3.8) is 0 Å². The standard InChI is InChI=1S/C19H32N2/c1-6-14(3)19-11-20-17(7-2)12-21(19)13-18-15(4)9-8-10-16(18)5/h8-10,14,17,19-20H,6-7,11-13H2,1-5H3. The first-order valence-corrected chi connectivity index (χ1v) is 8.59. The summed E-state index contributed by atoms with van der Waals surface area (Å²) in [6.07, 6.45) is 2.48. The van der Waals surface area contributed by atoms with Crippen LogP contribution in [0.1, 0.15) is 50.3 Å². The van der Waals surface area contributed by atoms with E-state index in [0.29, 0.717) is 12.1 Å². The normalized spacial score (nSPS) is 25.0. The molecular formula is C19H32N2. The Bertz CT molecular complexity index is 435. The summed E-state index contributed by atoms with van der Waals surface area (Å²) in [5, 5.41) is 3.74. The minimum absolute atomic E-state index is 0.648. The second kappa shape index (κ2) is 7.42. The molecule has 118 valence electrons. The van der Waals surface area contributed by atoms with E-state index in [1.165, 1.54) is 36.1 Å². The first kappa shape index (κ1) is 16.5. The molecule has 1 heterocycles. The summed E-state index contributed by atoms with van der Waals surface area (Å²) < 4.78 is 0. The highest BCUT2D eigenvalue weighted by Gasteiger charge is 2.30. The topological polar surface area (TPSA) is 15.3 Å². The molecule has 0 saturated carbocycles. The van der Waals surface area contributed by atoms with Crippen molar-refractivity contribution in [2.75, 3.05) is 13.1 Å². The van der Waals surface area contributed by atoms with Gasteiger partial charge in [0.25, 0.3) is 0 Å². The van der Waals surface area contributed by atoms with Crippen LogP contribution in [0.15, 0.2) is 18.2 Å². The van der Waals surface area contributed by atoms with Crippen LogP contribution < -0.4 is 5.32 Å². The molecule has 1 fully saturated rings. The Labute approximate surface area is 130 Å². The van der Waals surface area contributed by atoms with Gasteiger partial charge in [-0.1, -0.05) is 45.4 Å². The Hall–Kier alpha value is -0.860. The van der Waals surface area contributed by atoms with Crippen LogP contribution in [0, 0.1) is 19.8 Å². The second-order valence-electron chi connectivity index (χ2n) is 6.77. The molecule has 0 aliphatic carbocycles. The van der Waals surface area contributed by atoms with Gasteiger partial charge in [-0.2, -0.15) is 0 Å². The van der Waals surface area contributed by atoms with Crippen LogP contribution in [0.4, 0.5) is 0 Å². The van der Waals surface area contributed by atoms with E-state index >= 15 is 0 Å². The third-order valence-electron chi connectivity index (χ3n) is 5.34. The van der Waals surface area contributed by atoms with Crippen molar-refractivity contribution in [1.29, 1.82) is 0 Å². The maximum Gasteiger partial charge on any atom is 0.0250 e. The van der Waals surface area contributed by atoms with Crippen LogP contribution in [0.25, 0.3) is 0 Å². The summed E-state index contributed by atoms with van der Waals surface area (Å²) in [5.41, 5.74) is 4.40. The number of aryl methyl sites for hydroxylation is 2. The third-order valence-corrected chi connectivity index (χ3v) is 5.34. The summed E-state index contributed by atoms with van der Waals surface area (Å²) in [6, 6.07) is 7.99. The minimum Gasteiger partial charge on any atom is -0.311 e. The lowest BCUT2D eigenvalue weighted by molar-refractivity contribution is 0.0829. The van der Waals surface area contributed by atoms with Crippen molar-refractivity contribution in [2.45, 2.75) is 66.1 Å². The predicted octanol–water partition coefficient (Wildman–Crippen LogP) is 3.90. The highest BCUT2D eigenvalue weighted by atomic mass is 15.2. The Kier molecular flexibility index (Phi) is 5.83.